The Hall–Kier alpha value is -0.630. The molecule has 0 amide bonds. The van der Waals surface area contributed by atoms with Gasteiger partial charge in [0.15, 0.2) is 5.78 Å². The fourth-order valence-electron chi connectivity index (χ4n) is 2.68. The number of unbranched alkanes of at least 4 members (excludes halogenated alkanes) is 3. The molecule has 0 saturated carbocycles. The van der Waals surface area contributed by atoms with Crippen molar-refractivity contribution in [3.8, 4) is 0 Å². The second-order valence-electron chi connectivity index (χ2n) is 7.00. The number of carbonyl (C=O) groups is 1. The first-order valence-corrected chi connectivity index (χ1v) is 8.69. The van der Waals surface area contributed by atoms with Crippen LogP contribution in [0.25, 0.3) is 0 Å². The molecule has 2 aliphatic rings. The van der Waals surface area contributed by atoms with Crippen molar-refractivity contribution in [3.63, 3.8) is 0 Å². The normalized spacial score (nSPS) is 19.9. The molecule has 0 radical (unpaired) electrons. The molecule has 1 fully saturated rings. The Labute approximate surface area is 132 Å². The molecule has 1 saturated heterocycles. The standard InChI is InChI=1S/C9H14O.C6H14.C4H8O/c1-7-4-8(10)6-9(2,3)5-7;1-3-5-6-4-2;1-2-4-5-3-1/h4H,5-6H2,1-3H3;3-6H2,1-2H3;1-4H2. The second-order valence-corrected chi connectivity index (χ2v) is 7.00. The van der Waals surface area contributed by atoms with E-state index in [9.17, 15) is 4.79 Å². The van der Waals surface area contributed by atoms with E-state index in [2.05, 4.69) is 27.7 Å². The lowest BCUT2D eigenvalue weighted by molar-refractivity contribution is -0.117. The van der Waals surface area contributed by atoms with Crippen LogP contribution in [0.4, 0.5) is 0 Å². The van der Waals surface area contributed by atoms with Crippen molar-refractivity contribution in [2.45, 2.75) is 86.0 Å². The van der Waals surface area contributed by atoms with Gasteiger partial charge in [-0.05, 0) is 37.7 Å². The molecule has 0 bridgehead atoms. The SMILES string of the molecule is C1CCOC1.CC1=CC(=O)CC(C)(C)C1.CCCCCC. The van der Waals surface area contributed by atoms with E-state index in [1.54, 1.807) is 6.08 Å². The number of hydrogen-bond acceptors (Lipinski definition) is 2. The Balaban J connectivity index is 0.000000311. The maximum atomic E-state index is 11.0. The summed E-state index contributed by atoms with van der Waals surface area (Å²) in [6.45, 7) is 12.8. The molecule has 0 aromatic heterocycles. The number of ketones is 1. The molecule has 0 spiro atoms. The zero-order valence-corrected chi connectivity index (χ0v) is 15.0. The van der Waals surface area contributed by atoms with Gasteiger partial charge >= 0.3 is 0 Å². The van der Waals surface area contributed by atoms with E-state index in [4.69, 9.17) is 4.74 Å². The smallest absolute Gasteiger partial charge is 0.156 e. The van der Waals surface area contributed by atoms with E-state index in [-0.39, 0.29) is 11.2 Å². The molecule has 1 aliphatic heterocycles. The maximum absolute atomic E-state index is 11.0. The number of rotatable bonds is 3. The maximum Gasteiger partial charge on any atom is 0.156 e. The van der Waals surface area contributed by atoms with Crippen molar-refractivity contribution in [2.24, 2.45) is 5.41 Å². The first-order valence-electron chi connectivity index (χ1n) is 8.69. The molecule has 21 heavy (non-hydrogen) atoms. The van der Waals surface area contributed by atoms with Crippen LogP contribution < -0.4 is 0 Å². The van der Waals surface area contributed by atoms with E-state index < -0.39 is 0 Å². The third-order valence-electron chi connectivity index (χ3n) is 3.60. The molecule has 1 aliphatic carbocycles. The molecule has 0 N–H and O–H groups in total. The fourth-order valence-corrected chi connectivity index (χ4v) is 2.68. The summed E-state index contributed by atoms with van der Waals surface area (Å²) >= 11 is 0. The van der Waals surface area contributed by atoms with Crippen LogP contribution in [0.2, 0.25) is 0 Å². The predicted octanol–water partition coefficient (Wildman–Crippen LogP) is 5.71. The molecule has 1 heterocycles. The van der Waals surface area contributed by atoms with Gasteiger partial charge in [-0.25, -0.2) is 0 Å². The van der Waals surface area contributed by atoms with Crippen LogP contribution in [0, 0.1) is 5.41 Å². The largest absolute Gasteiger partial charge is 0.381 e. The van der Waals surface area contributed by atoms with E-state index in [0.717, 1.165) is 19.6 Å². The van der Waals surface area contributed by atoms with E-state index in [1.807, 2.05) is 6.92 Å². The summed E-state index contributed by atoms with van der Waals surface area (Å²) in [5.74, 6) is 0.286. The summed E-state index contributed by atoms with van der Waals surface area (Å²) in [6, 6.07) is 0. The minimum Gasteiger partial charge on any atom is -0.381 e. The zero-order chi connectivity index (χ0) is 16.1. The monoisotopic (exact) mass is 296 g/mol. The summed E-state index contributed by atoms with van der Waals surface area (Å²) in [4.78, 5) is 11.0. The molecule has 2 heteroatoms. The van der Waals surface area contributed by atoms with Gasteiger partial charge in [0.2, 0.25) is 0 Å². The molecular weight excluding hydrogens is 260 g/mol. The third-order valence-corrected chi connectivity index (χ3v) is 3.60. The minimum atomic E-state index is 0.204. The number of carbonyl (C=O) groups excluding carboxylic acids is 1. The summed E-state index contributed by atoms with van der Waals surface area (Å²) in [5.41, 5.74) is 1.43. The van der Waals surface area contributed by atoms with Crippen LogP contribution >= 0.6 is 0 Å². The van der Waals surface area contributed by atoms with Gasteiger partial charge in [-0.15, -0.1) is 0 Å². The van der Waals surface area contributed by atoms with Crippen molar-refractivity contribution < 1.29 is 9.53 Å². The average molecular weight is 296 g/mol. The Morgan fingerprint density at radius 3 is 1.86 bits per heavy atom. The van der Waals surface area contributed by atoms with Gasteiger partial charge in [0.25, 0.3) is 0 Å². The van der Waals surface area contributed by atoms with Crippen molar-refractivity contribution >= 4 is 5.78 Å². The summed E-state index contributed by atoms with van der Waals surface area (Å²) < 4.78 is 4.94. The van der Waals surface area contributed by atoms with Gasteiger partial charge in [-0.1, -0.05) is 59.0 Å². The average Bonchev–Trinajstić information content (AvgIpc) is 2.93. The third kappa shape index (κ3) is 12.8. The Bertz CT molecular complexity index is 287. The highest BCUT2D eigenvalue weighted by atomic mass is 16.5. The number of hydrogen-bond donors (Lipinski definition) is 0. The lowest BCUT2D eigenvalue weighted by Gasteiger charge is -2.27. The van der Waals surface area contributed by atoms with Crippen molar-refractivity contribution in [2.75, 3.05) is 13.2 Å². The predicted molar refractivity (Wildman–Crippen MR) is 91.6 cm³/mol. The van der Waals surface area contributed by atoms with Gasteiger partial charge in [0, 0.05) is 19.6 Å². The van der Waals surface area contributed by atoms with Crippen LogP contribution in [0.1, 0.15) is 86.0 Å². The first kappa shape index (κ1) is 20.4. The first-order chi connectivity index (χ1) is 9.91. The zero-order valence-electron chi connectivity index (χ0n) is 15.0. The van der Waals surface area contributed by atoms with Gasteiger partial charge in [0.1, 0.15) is 0 Å². The summed E-state index contributed by atoms with van der Waals surface area (Å²) in [7, 11) is 0. The van der Waals surface area contributed by atoms with Crippen LogP contribution in [-0.4, -0.2) is 19.0 Å². The molecule has 124 valence electrons. The lowest BCUT2D eigenvalue weighted by atomic mass is 9.77. The highest BCUT2D eigenvalue weighted by Gasteiger charge is 2.25. The molecule has 0 atom stereocenters. The Morgan fingerprint density at radius 1 is 1.05 bits per heavy atom. The van der Waals surface area contributed by atoms with Crippen LogP contribution in [-0.2, 0) is 9.53 Å². The lowest BCUT2D eigenvalue weighted by Crippen LogP contribution is -2.20. The quantitative estimate of drug-likeness (QED) is 0.624. The number of allylic oxidation sites excluding steroid dienone is 2. The summed E-state index contributed by atoms with van der Waals surface area (Å²) in [6.07, 6.45) is 11.6. The van der Waals surface area contributed by atoms with Gasteiger partial charge in [0.05, 0.1) is 0 Å². The molecule has 0 aromatic rings. The van der Waals surface area contributed by atoms with E-state index >= 15 is 0 Å². The second kappa shape index (κ2) is 12.0. The fraction of sp³-hybridized carbons (Fsp3) is 0.842. The highest BCUT2D eigenvalue weighted by molar-refractivity contribution is 5.91. The van der Waals surface area contributed by atoms with Gasteiger partial charge < -0.3 is 4.74 Å². The van der Waals surface area contributed by atoms with Crippen molar-refractivity contribution in [1.82, 2.24) is 0 Å². The molecular formula is C19H36O2. The Morgan fingerprint density at radius 2 is 1.57 bits per heavy atom. The van der Waals surface area contributed by atoms with Gasteiger partial charge in [-0.2, -0.15) is 0 Å². The van der Waals surface area contributed by atoms with E-state index in [0.29, 0.717) is 6.42 Å². The molecule has 2 rings (SSSR count). The van der Waals surface area contributed by atoms with Crippen LogP contribution in [0.5, 0.6) is 0 Å². The highest BCUT2D eigenvalue weighted by Crippen LogP contribution is 2.32. The van der Waals surface area contributed by atoms with E-state index in [1.165, 1.54) is 44.1 Å². The van der Waals surface area contributed by atoms with Crippen LogP contribution in [0.3, 0.4) is 0 Å². The topological polar surface area (TPSA) is 26.3 Å². The molecule has 0 unspecified atom stereocenters. The molecule has 0 aromatic carbocycles. The van der Waals surface area contributed by atoms with Crippen LogP contribution in [0.15, 0.2) is 11.6 Å². The Kier molecular flexibility index (Phi) is 11.6. The van der Waals surface area contributed by atoms with Gasteiger partial charge in [-0.3, -0.25) is 4.79 Å². The summed E-state index contributed by atoms with van der Waals surface area (Å²) in [5, 5.41) is 0. The number of ether oxygens (including phenoxy) is 1. The minimum absolute atomic E-state index is 0.204. The van der Waals surface area contributed by atoms with Crippen molar-refractivity contribution in [3.05, 3.63) is 11.6 Å². The van der Waals surface area contributed by atoms with Crippen molar-refractivity contribution in [1.29, 1.82) is 0 Å². The molecule has 2 nitrogen and oxygen atoms in total.